The van der Waals surface area contributed by atoms with Gasteiger partial charge in [-0.05, 0) is 24.3 Å². The van der Waals surface area contributed by atoms with Crippen molar-refractivity contribution in [2.75, 3.05) is 25.1 Å². The van der Waals surface area contributed by atoms with E-state index in [2.05, 4.69) is 57.1 Å². The van der Waals surface area contributed by atoms with Crippen molar-refractivity contribution in [3.8, 4) is 11.4 Å². The van der Waals surface area contributed by atoms with Crippen LogP contribution in [0.15, 0.2) is 69.0 Å². The Balaban J connectivity index is -0.00000122. The number of anilines is 2. The minimum atomic E-state index is -0.266. The molecule has 3 rings (SSSR count). The smallest absolute Gasteiger partial charge is 0.318 e. The number of thioether (sulfide) groups is 1. The average Bonchev–Trinajstić information content (AvgIpc) is 3.20. The maximum absolute atomic E-state index is 11.4. The molecule has 0 saturated carbocycles. The lowest BCUT2D eigenvalue weighted by molar-refractivity contribution is 0.254. The highest BCUT2D eigenvalue weighted by Gasteiger charge is 2.16. The summed E-state index contributed by atoms with van der Waals surface area (Å²) in [5, 5.41) is 8.48. The second-order valence-electron chi connectivity index (χ2n) is 5.70. The van der Waals surface area contributed by atoms with Crippen molar-refractivity contribution in [3.05, 3.63) is 74.7 Å². The predicted octanol–water partition coefficient (Wildman–Crippen LogP) is 3.27. The number of rotatable bonds is 5. The van der Waals surface area contributed by atoms with Gasteiger partial charge >= 0.3 is 6.03 Å². The predicted molar refractivity (Wildman–Crippen MR) is 135 cm³/mol. The Morgan fingerprint density at radius 1 is 1.26 bits per heavy atom. The summed E-state index contributed by atoms with van der Waals surface area (Å²) in [5.41, 5.74) is 8.54. The molecule has 9 nitrogen and oxygen atoms in total. The Hall–Kier alpha value is -3.50. The van der Waals surface area contributed by atoms with Crippen LogP contribution in [0.25, 0.3) is 11.4 Å². The summed E-state index contributed by atoms with van der Waals surface area (Å²) in [6.45, 7) is 12.0. The van der Waals surface area contributed by atoms with E-state index in [0.29, 0.717) is 23.1 Å². The largest absolute Gasteiger partial charge is 0.412 e. The van der Waals surface area contributed by atoms with Gasteiger partial charge in [-0.15, -0.1) is 38.1 Å². The number of hydrogen-bond acceptors (Lipinski definition) is 7. The van der Waals surface area contributed by atoms with E-state index in [1.165, 1.54) is 0 Å². The van der Waals surface area contributed by atoms with Gasteiger partial charge < -0.3 is 32.1 Å². The van der Waals surface area contributed by atoms with Gasteiger partial charge in [0.2, 0.25) is 0 Å². The third-order valence-corrected chi connectivity index (χ3v) is 4.98. The molecule has 172 valence electrons. The SMILES string of the molecule is C=C.C=C.CNC(=O)Nc1ccc(-c2nc(N)cc(CSC3NC=CN3C)n2)cc1.O.[HH].[HH]. The van der Waals surface area contributed by atoms with Gasteiger partial charge in [-0.2, -0.15) is 0 Å². The van der Waals surface area contributed by atoms with Gasteiger partial charge in [-0.3, -0.25) is 0 Å². The number of hydrogen-bond donors (Lipinski definition) is 4. The van der Waals surface area contributed by atoms with Crippen LogP contribution in [0.4, 0.5) is 16.3 Å². The Bertz CT molecular complexity index is 855. The molecule has 1 aliphatic rings. The standard InChI is InChI=1S/C17H21N7OS.2C2H4.H2O.2H2/c1-19-16(25)22-12-5-3-11(4-6-12)15-21-13(9-14(18)23-15)10-26-17-20-7-8-24(17)2;2*1-2;;;/h3-9,17,20H,10H2,1-2H3,(H2,18,21,23)(H2,19,22,25);2*1-2H2;1H2;2*1H. The number of benzene rings is 1. The Morgan fingerprint density at radius 3 is 2.45 bits per heavy atom. The number of nitrogen functional groups attached to an aromatic ring is 1. The lowest BCUT2D eigenvalue weighted by atomic mass is 10.2. The molecule has 1 atom stereocenters. The van der Waals surface area contributed by atoms with Crippen LogP contribution in [-0.4, -0.2) is 46.0 Å². The highest BCUT2D eigenvalue weighted by atomic mass is 32.2. The van der Waals surface area contributed by atoms with Crippen molar-refractivity contribution in [2.24, 2.45) is 0 Å². The van der Waals surface area contributed by atoms with E-state index in [9.17, 15) is 4.79 Å². The summed E-state index contributed by atoms with van der Waals surface area (Å²) in [6, 6.07) is 8.83. The second-order valence-corrected chi connectivity index (χ2v) is 6.77. The quantitative estimate of drug-likeness (QED) is 0.514. The van der Waals surface area contributed by atoms with Crippen molar-refractivity contribution in [1.29, 1.82) is 0 Å². The van der Waals surface area contributed by atoms with Gasteiger partial charge in [0, 0.05) is 52.4 Å². The van der Waals surface area contributed by atoms with Crippen LogP contribution in [-0.2, 0) is 5.75 Å². The molecule has 0 bridgehead atoms. The average molecular weight is 450 g/mol. The maximum Gasteiger partial charge on any atom is 0.318 e. The van der Waals surface area contributed by atoms with E-state index in [1.54, 1.807) is 37.0 Å². The first-order valence-corrected chi connectivity index (χ1v) is 10.1. The molecule has 2 aromatic rings. The second kappa shape index (κ2) is 14.5. The number of nitrogens with zero attached hydrogens (tertiary/aromatic N) is 3. The van der Waals surface area contributed by atoms with Gasteiger partial charge in [0.05, 0.1) is 5.69 Å². The molecule has 7 N–H and O–H groups in total. The molecule has 0 radical (unpaired) electrons. The number of amides is 2. The van der Waals surface area contributed by atoms with Crippen LogP contribution in [0.5, 0.6) is 0 Å². The van der Waals surface area contributed by atoms with Crippen LogP contribution in [0.2, 0.25) is 0 Å². The summed E-state index contributed by atoms with van der Waals surface area (Å²) in [5.74, 6) is 1.71. The van der Waals surface area contributed by atoms with E-state index < -0.39 is 0 Å². The monoisotopic (exact) mass is 449 g/mol. The Labute approximate surface area is 190 Å². The molecule has 0 saturated heterocycles. The third kappa shape index (κ3) is 8.41. The van der Waals surface area contributed by atoms with E-state index in [0.717, 1.165) is 11.3 Å². The van der Waals surface area contributed by atoms with Crippen molar-refractivity contribution >= 4 is 29.3 Å². The highest BCUT2D eigenvalue weighted by molar-refractivity contribution is 7.99. The molecule has 1 unspecified atom stereocenters. The first-order chi connectivity index (χ1) is 14.5. The summed E-state index contributed by atoms with van der Waals surface area (Å²) < 4.78 is 0. The summed E-state index contributed by atoms with van der Waals surface area (Å²) >= 11 is 1.72. The van der Waals surface area contributed by atoms with Crippen LogP contribution < -0.4 is 21.7 Å². The summed E-state index contributed by atoms with van der Waals surface area (Å²) in [7, 11) is 3.58. The lowest BCUT2D eigenvalue weighted by Crippen LogP contribution is -2.29. The first-order valence-electron chi connectivity index (χ1n) is 9.04. The van der Waals surface area contributed by atoms with Crippen molar-refractivity contribution < 1.29 is 13.1 Å². The molecule has 2 heterocycles. The van der Waals surface area contributed by atoms with Crippen molar-refractivity contribution in [1.82, 2.24) is 25.5 Å². The summed E-state index contributed by atoms with van der Waals surface area (Å²) in [4.78, 5) is 22.4. The Morgan fingerprint density at radius 2 is 1.90 bits per heavy atom. The fraction of sp³-hybridized carbons (Fsp3) is 0.190. The van der Waals surface area contributed by atoms with E-state index in [1.807, 2.05) is 31.6 Å². The van der Waals surface area contributed by atoms with Crippen molar-refractivity contribution in [3.63, 3.8) is 0 Å². The number of nitrogens with two attached hydrogens (primary N) is 1. The topological polar surface area (TPSA) is 140 Å². The van der Waals surface area contributed by atoms with E-state index in [-0.39, 0.29) is 19.9 Å². The molecule has 1 aromatic heterocycles. The van der Waals surface area contributed by atoms with Crippen LogP contribution in [0.3, 0.4) is 0 Å². The zero-order valence-corrected chi connectivity index (χ0v) is 18.7. The molecule has 1 aliphatic heterocycles. The zero-order valence-electron chi connectivity index (χ0n) is 17.9. The number of nitrogens with one attached hydrogen (secondary N) is 3. The van der Waals surface area contributed by atoms with Crippen LogP contribution in [0.1, 0.15) is 8.55 Å². The maximum atomic E-state index is 11.4. The minimum Gasteiger partial charge on any atom is -0.412 e. The minimum absolute atomic E-state index is 0. The van der Waals surface area contributed by atoms with Gasteiger partial charge in [0.15, 0.2) is 5.82 Å². The van der Waals surface area contributed by atoms with Crippen molar-refractivity contribution in [2.45, 2.75) is 11.3 Å². The first kappa shape index (κ1) is 27.5. The van der Waals surface area contributed by atoms with Gasteiger partial charge in [0.25, 0.3) is 0 Å². The number of carbonyl (C=O) groups is 1. The molecule has 31 heavy (non-hydrogen) atoms. The van der Waals surface area contributed by atoms with Crippen LogP contribution in [0, 0.1) is 0 Å². The number of aromatic nitrogens is 2. The zero-order chi connectivity index (χ0) is 22.5. The van der Waals surface area contributed by atoms with E-state index >= 15 is 0 Å². The van der Waals surface area contributed by atoms with Gasteiger partial charge in [-0.25, -0.2) is 14.8 Å². The molecule has 0 spiro atoms. The molecule has 2 amide bonds. The van der Waals surface area contributed by atoms with Gasteiger partial charge in [0.1, 0.15) is 11.3 Å². The number of urea groups is 1. The molecule has 10 heteroatoms. The fourth-order valence-corrected chi connectivity index (χ4v) is 3.34. The van der Waals surface area contributed by atoms with E-state index in [4.69, 9.17) is 5.73 Å². The lowest BCUT2D eigenvalue weighted by Gasteiger charge is -2.20. The van der Waals surface area contributed by atoms with Crippen LogP contribution >= 0.6 is 11.8 Å². The molecular weight excluding hydrogens is 414 g/mol. The Kier molecular flexibility index (Phi) is 12.8. The third-order valence-electron chi connectivity index (χ3n) is 3.73. The highest BCUT2D eigenvalue weighted by Crippen LogP contribution is 2.24. The van der Waals surface area contributed by atoms with Gasteiger partial charge in [-0.1, -0.05) is 0 Å². The molecular formula is C21H35N7O2S. The summed E-state index contributed by atoms with van der Waals surface area (Å²) in [6.07, 6.45) is 3.91. The fourth-order valence-electron chi connectivity index (χ4n) is 2.39. The molecule has 0 aliphatic carbocycles. The molecule has 1 aromatic carbocycles. The number of carbonyl (C=O) groups excluding carboxylic acids is 1. The normalized spacial score (nSPS) is 13.4. The molecule has 0 fully saturated rings.